The lowest BCUT2D eigenvalue weighted by Gasteiger charge is -2.29. The van der Waals surface area contributed by atoms with E-state index in [0.717, 1.165) is 5.56 Å². The van der Waals surface area contributed by atoms with Crippen molar-refractivity contribution in [2.75, 3.05) is 18.9 Å². The molecule has 0 spiro atoms. The number of ether oxygens (including phenoxy) is 2. The third-order valence-electron chi connectivity index (χ3n) is 7.99. The average molecular weight is 694 g/mol. The van der Waals surface area contributed by atoms with Crippen molar-refractivity contribution in [3.05, 3.63) is 89.0 Å². The summed E-state index contributed by atoms with van der Waals surface area (Å²) < 4.78 is 37.6. The minimum atomic E-state index is -3.65. The highest BCUT2D eigenvalue weighted by Gasteiger charge is 2.38. The van der Waals surface area contributed by atoms with Gasteiger partial charge in [0.1, 0.15) is 18.8 Å². The Hall–Kier alpha value is -4.40. The molecule has 14 heteroatoms. The van der Waals surface area contributed by atoms with E-state index in [1.807, 2.05) is 30.3 Å². The highest BCUT2D eigenvalue weighted by molar-refractivity contribution is 7.92. The van der Waals surface area contributed by atoms with Crippen LogP contribution in [0.2, 0.25) is 0 Å². The van der Waals surface area contributed by atoms with Crippen LogP contribution in [0.1, 0.15) is 68.8 Å². The fraction of sp³-hybridized carbons (Fsp3) is 0.400. The minimum Gasteiger partial charge on any atom is -0.445 e. The largest absolute Gasteiger partial charge is 0.488 e. The van der Waals surface area contributed by atoms with E-state index in [-0.39, 0.29) is 29.2 Å². The summed E-state index contributed by atoms with van der Waals surface area (Å²) in [7, 11) is -3.82. The maximum atomic E-state index is 13.5. The SMILES string of the molecule is Cc1cc(B(O)O)ccc1[C@@H](C)N(CC(=O)Nc1ccc(S(=O)(=O)C2CC2)c(CN(C)C(=O)OC(C)(C)C)c1)C(=O)OCc1ccccc1. The van der Waals surface area contributed by atoms with Gasteiger partial charge in [0.2, 0.25) is 5.91 Å². The fourth-order valence-corrected chi connectivity index (χ4v) is 7.15. The van der Waals surface area contributed by atoms with Crippen molar-refractivity contribution in [1.29, 1.82) is 0 Å². The van der Waals surface area contributed by atoms with Crippen molar-refractivity contribution in [3.8, 4) is 0 Å². The van der Waals surface area contributed by atoms with E-state index in [2.05, 4.69) is 5.32 Å². The maximum Gasteiger partial charge on any atom is 0.488 e. The van der Waals surface area contributed by atoms with Gasteiger partial charge in [-0.3, -0.25) is 9.69 Å². The Labute approximate surface area is 288 Å². The van der Waals surface area contributed by atoms with Crippen LogP contribution in [0.5, 0.6) is 0 Å². The molecule has 49 heavy (non-hydrogen) atoms. The molecular formula is C35H44BN3O9S. The first-order chi connectivity index (χ1) is 23.0. The van der Waals surface area contributed by atoms with E-state index in [0.29, 0.717) is 29.5 Å². The molecule has 1 atom stereocenters. The fourth-order valence-electron chi connectivity index (χ4n) is 5.29. The molecule has 0 unspecified atom stereocenters. The Morgan fingerprint density at radius 3 is 2.27 bits per heavy atom. The number of benzene rings is 3. The number of amides is 3. The van der Waals surface area contributed by atoms with Gasteiger partial charge in [-0.25, -0.2) is 18.0 Å². The summed E-state index contributed by atoms with van der Waals surface area (Å²) in [5.74, 6) is -0.576. The quantitative estimate of drug-likeness (QED) is 0.235. The summed E-state index contributed by atoms with van der Waals surface area (Å²) in [5, 5.41) is 21.5. The molecule has 0 aliphatic heterocycles. The first-order valence-electron chi connectivity index (χ1n) is 16.0. The Morgan fingerprint density at radius 1 is 1.00 bits per heavy atom. The second kappa shape index (κ2) is 15.4. The van der Waals surface area contributed by atoms with E-state index in [4.69, 9.17) is 9.47 Å². The second-order valence-electron chi connectivity index (χ2n) is 13.3. The van der Waals surface area contributed by atoms with Gasteiger partial charge in [0.25, 0.3) is 0 Å². The van der Waals surface area contributed by atoms with Crippen LogP contribution in [0, 0.1) is 6.92 Å². The van der Waals surface area contributed by atoms with Gasteiger partial charge in [-0.1, -0.05) is 48.5 Å². The van der Waals surface area contributed by atoms with Crippen LogP contribution < -0.4 is 10.8 Å². The van der Waals surface area contributed by atoms with E-state index < -0.39 is 58.5 Å². The number of nitrogens with one attached hydrogen (secondary N) is 1. The molecule has 4 rings (SSSR count). The van der Waals surface area contributed by atoms with Gasteiger partial charge in [0.05, 0.1) is 22.7 Å². The number of carbonyl (C=O) groups is 3. The minimum absolute atomic E-state index is 0.0232. The Bertz CT molecular complexity index is 1770. The first kappa shape index (κ1) is 37.4. The number of sulfone groups is 1. The molecule has 1 aliphatic rings. The molecule has 3 amide bonds. The topological polar surface area (TPSA) is 163 Å². The van der Waals surface area contributed by atoms with E-state index in [9.17, 15) is 32.8 Å². The molecule has 1 saturated carbocycles. The lowest BCUT2D eigenvalue weighted by molar-refractivity contribution is -0.117. The van der Waals surface area contributed by atoms with Crippen LogP contribution in [0.15, 0.2) is 71.6 Å². The van der Waals surface area contributed by atoms with E-state index in [1.165, 1.54) is 41.1 Å². The molecule has 0 heterocycles. The molecular weight excluding hydrogens is 649 g/mol. The third kappa shape index (κ3) is 10.1. The van der Waals surface area contributed by atoms with Crippen LogP contribution in [0.25, 0.3) is 0 Å². The molecule has 3 aromatic carbocycles. The molecule has 3 aromatic rings. The predicted molar refractivity (Wildman–Crippen MR) is 186 cm³/mol. The van der Waals surface area contributed by atoms with Crippen molar-refractivity contribution in [2.24, 2.45) is 0 Å². The molecule has 262 valence electrons. The lowest BCUT2D eigenvalue weighted by atomic mass is 9.78. The van der Waals surface area contributed by atoms with Gasteiger partial charge < -0.3 is 29.7 Å². The van der Waals surface area contributed by atoms with Crippen LogP contribution in [-0.4, -0.2) is 77.9 Å². The molecule has 12 nitrogen and oxygen atoms in total. The monoisotopic (exact) mass is 693 g/mol. The number of hydrogen-bond donors (Lipinski definition) is 3. The summed E-state index contributed by atoms with van der Waals surface area (Å²) in [6.07, 6.45) is -0.270. The zero-order valence-corrected chi connectivity index (χ0v) is 29.5. The zero-order chi connectivity index (χ0) is 36.1. The first-order valence-corrected chi connectivity index (χ1v) is 17.6. The zero-order valence-electron chi connectivity index (χ0n) is 28.7. The summed E-state index contributed by atoms with van der Waals surface area (Å²) >= 11 is 0. The number of hydrogen-bond acceptors (Lipinski definition) is 9. The summed E-state index contributed by atoms with van der Waals surface area (Å²) in [6, 6.07) is 17.6. The normalized spacial score (nSPS) is 13.6. The second-order valence-corrected chi connectivity index (χ2v) is 15.5. The molecule has 0 radical (unpaired) electrons. The van der Waals surface area contributed by atoms with Gasteiger partial charge in [-0.2, -0.15) is 0 Å². The predicted octanol–water partition coefficient (Wildman–Crippen LogP) is 4.32. The standard InChI is InChI=1S/C35H44BN3O9S/c1-23-18-27(36(43)44)12-16-30(23)24(2)39(34(42)47-22-25-10-8-7-9-11-25)21-32(40)37-28-13-17-31(49(45,46)29-14-15-29)26(19-28)20-38(6)33(41)48-35(3,4)5/h7-13,16-19,24,29,43-44H,14-15,20-22H2,1-6H3,(H,37,40)/t24-/m1/s1. The van der Waals surface area contributed by atoms with Crippen molar-refractivity contribution in [3.63, 3.8) is 0 Å². The average Bonchev–Trinajstić information content (AvgIpc) is 3.88. The van der Waals surface area contributed by atoms with E-state index in [1.54, 1.807) is 46.8 Å². The number of aryl methyl sites for hydroxylation is 1. The number of carbonyl (C=O) groups excluding carboxylic acids is 3. The van der Waals surface area contributed by atoms with Crippen LogP contribution in [0.4, 0.5) is 15.3 Å². The Morgan fingerprint density at radius 2 is 1.67 bits per heavy atom. The van der Waals surface area contributed by atoms with Gasteiger partial charge in [0, 0.05) is 12.7 Å². The van der Waals surface area contributed by atoms with Crippen molar-refractivity contribution in [1.82, 2.24) is 9.80 Å². The molecule has 3 N–H and O–H groups in total. The van der Waals surface area contributed by atoms with Gasteiger partial charge in [-0.15, -0.1) is 0 Å². The molecule has 0 aromatic heterocycles. The number of nitrogens with zero attached hydrogens (tertiary/aromatic N) is 2. The van der Waals surface area contributed by atoms with Gasteiger partial charge >= 0.3 is 19.3 Å². The van der Waals surface area contributed by atoms with E-state index >= 15 is 0 Å². The molecule has 0 saturated heterocycles. The summed E-state index contributed by atoms with van der Waals surface area (Å²) in [5.41, 5.74) is 2.21. The smallest absolute Gasteiger partial charge is 0.445 e. The van der Waals surface area contributed by atoms with Crippen LogP contribution in [-0.2, 0) is 37.3 Å². The summed E-state index contributed by atoms with van der Waals surface area (Å²) in [6.45, 7) is 8.15. The van der Waals surface area contributed by atoms with Crippen molar-refractivity contribution in [2.45, 2.75) is 82.4 Å². The maximum absolute atomic E-state index is 13.5. The summed E-state index contributed by atoms with van der Waals surface area (Å²) in [4.78, 5) is 42.4. The highest BCUT2D eigenvalue weighted by atomic mass is 32.2. The molecule has 1 fully saturated rings. The van der Waals surface area contributed by atoms with Gasteiger partial charge in [0.15, 0.2) is 9.84 Å². The number of anilines is 1. The van der Waals surface area contributed by atoms with Crippen LogP contribution >= 0.6 is 0 Å². The van der Waals surface area contributed by atoms with Crippen molar-refractivity contribution < 1.29 is 42.3 Å². The molecule has 0 bridgehead atoms. The Balaban J connectivity index is 1.59. The van der Waals surface area contributed by atoms with Gasteiger partial charge in [-0.05, 0) is 93.4 Å². The molecule has 1 aliphatic carbocycles. The van der Waals surface area contributed by atoms with Crippen LogP contribution in [0.3, 0.4) is 0 Å². The van der Waals surface area contributed by atoms with Crippen molar-refractivity contribution >= 4 is 46.2 Å². The number of rotatable bonds is 12. The lowest BCUT2D eigenvalue weighted by Crippen LogP contribution is -2.40. The highest BCUT2D eigenvalue weighted by Crippen LogP contribution is 2.36. The Kier molecular flexibility index (Phi) is 11.8. The third-order valence-corrected chi connectivity index (χ3v) is 10.4.